The smallest absolute Gasteiger partial charge is 0.270 e. The van der Waals surface area contributed by atoms with Gasteiger partial charge >= 0.3 is 0 Å². The number of aromatic nitrogens is 3. The minimum Gasteiger partial charge on any atom is -0.277 e. The fourth-order valence-corrected chi connectivity index (χ4v) is 4.68. The van der Waals surface area contributed by atoms with Crippen molar-refractivity contribution in [2.45, 2.75) is 4.05 Å². The molecule has 0 spiro atoms. The molecular weight excluding hydrogens is 585 g/mol. The predicted molar refractivity (Wildman–Crippen MR) is 139 cm³/mol. The topological polar surface area (TPSA) is 129 Å². The summed E-state index contributed by atoms with van der Waals surface area (Å²) < 4.78 is -0.469. The van der Waals surface area contributed by atoms with Gasteiger partial charge in [0.1, 0.15) is 15.4 Å². The van der Waals surface area contributed by atoms with Crippen LogP contribution in [0.1, 0.15) is 25.7 Å². The van der Waals surface area contributed by atoms with E-state index in [4.69, 9.17) is 16.6 Å². The van der Waals surface area contributed by atoms with Crippen molar-refractivity contribution in [1.82, 2.24) is 25.6 Å². The molecule has 1 atom stereocenters. The first-order valence-corrected chi connectivity index (χ1v) is 11.9. The number of nitro groups is 1. The number of H-pyrrole nitrogens is 1. The fraction of sp³-hybridized carbons (Fsp3) is 0.0435. The van der Waals surface area contributed by atoms with Crippen LogP contribution in [0.2, 0.25) is 5.02 Å². The highest BCUT2D eigenvalue weighted by molar-refractivity contribution is 14.1. The van der Waals surface area contributed by atoms with Gasteiger partial charge in [-0.05, 0) is 40.8 Å². The number of hydrogen-bond acceptors (Lipinski definition) is 7. The van der Waals surface area contributed by atoms with Gasteiger partial charge in [0.15, 0.2) is 5.84 Å². The van der Waals surface area contributed by atoms with Crippen molar-refractivity contribution in [2.75, 3.05) is 0 Å². The lowest BCUT2D eigenvalue weighted by molar-refractivity contribution is -0.384. The van der Waals surface area contributed by atoms with E-state index in [-0.39, 0.29) is 11.6 Å². The van der Waals surface area contributed by atoms with Gasteiger partial charge in [-0.3, -0.25) is 30.4 Å². The lowest BCUT2D eigenvalue weighted by atomic mass is 10.1. The Morgan fingerprint density at radius 2 is 1.91 bits per heavy atom. The minimum absolute atomic E-state index is 0.0973. The Balaban J connectivity index is 1.65. The average molecular weight is 600 g/mol. The van der Waals surface area contributed by atoms with Crippen LogP contribution in [-0.4, -0.2) is 36.9 Å². The summed E-state index contributed by atoms with van der Waals surface area (Å²) in [4.78, 5) is 32.7. The number of benzene rings is 2. The Morgan fingerprint density at radius 1 is 1.14 bits per heavy atom. The largest absolute Gasteiger partial charge is 0.277 e. The van der Waals surface area contributed by atoms with Crippen LogP contribution in [0.3, 0.4) is 0 Å². The molecular formula is C23H15ClIN7O3. The maximum atomic E-state index is 13.0. The molecule has 5 rings (SSSR count). The maximum absolute atomic E-state index is 13.0. The number of amidine groups is 1. The summed E-state index contributed by atoms with van der Waals surface area (Å²) in [5.41, 5.74) is 6.02. The van der Waals surface area contributed by atoms with Crippen molar-refractivity contribution in [3.63, 3.8) is 0 Å². The normalized spacial score (nSPS) is 14.7. The summed E-state index contributed by atoms with van der Waals surface area (Å²) in [6, 6.07) is 16.5. The van der Waals surface area contributed by atoms with Gasteiger partial charge in [0.05, 0.1) is 15.6 Å². The highest BCUT2D eigenvalue weighted by Gasteiger charge is 2.35. The molecule has 0 radical (unpaired) electrons. The number of hydrogen-bond donors (Lipinski definition) is 2. The molecule has 174 valence electrons. The molecule has 3 heterocycles. The van der Waals surface area contributed by atoms with E-state index in [0.29, 0.717) is 44.6 Å². The maximum Gasteiger partial charge on any atom is 0.270 e. The molecule has 0 saturated carbocycles. The summed E-state index contributed by atoms with van der Waals surface area (Å²) >= 11 is 8.57. The van der Waals surface area contributed by atoms with Crippen LogP contribution < -0.4 is 5.43 Å². The number of nitrogens with zero attached hydrogens (tertiary/aromatic N) is 5. The van der Waals surface area contributed by atoms with E-state index in [9.17, 15) is 14.9 Å². The van der Waals surface area contributed by atoms with Crippen LogP contribution in [-0.2, 0) is 0 Å². The van der Waals surface area contributed by atoms with E-state index in [2.05, 4.69) is 43.2 Å². The third kappa shape index (κ3) is 4.35. The van der Waals surface area contributed by atoms with Crippen molar-refractivity contribution in [1.29, 1.82) is 0 Å². The first kappa shape index (κ1) is 22.9. The molecule has 2 aromatic heterocycles. The summed E-state index contributed by atoms with van der Waals surface area (Å²) in [5.74, 6) is -0.0702. The molecule has 2 aromatic carbocycles. The van der Waals surface area contributed by atoms with Crippen molar-refractivity contribution in [3.8, 4) is 11.3 Å². The molecule has 1 unspecified atom stereocenters. The first-order valence-electron chi connectivity index (χ1n) is 10.2. The third-order valence-electron chi connectivity index (χ3n) is 5.29. The zero-order valence-electron chi connectivity index (χ0n) is 17.7. The summed E-state index contributed by atoms with van der Waals surface area (Å²) in [7, 11) is 0. The third-order valence-corrected chi connectivity index (χ3v) is 6.80. The predicted octanol–water partition coefficient (Wildman–Crippen LogP) is 5.21. The van der Waals surface area contributed by atoms with Gasteiger partial charge in [-0.1, -0.05) is 41.9 Å². The number of halogens is 2. The van der Waals surface area contributed by atoms with E-state index < -0.39 is 8.97 Å². The monoisotopic (exact) mass is 599 g/mol. The number of pyridine rings is 1. The number of rotatable bonds is 5. The average Bonchev–Trinajstić information content (AvgIpc) is 3.30. The van der Waals surface area contributed by atoms with Gasteiger partial charge in [-0.15, -0.1) is 0 Å². The highest BCUT2D eigenvalue weighted by Crippen LogP contribution is 2.44. The minimum atomic E-state index is -0.479. The number of nitrogens with one attached hydrogen (secondary N) is 2. The molecule has 0 fully saturated rings. The molecule has 2 N–H and O–H groups in total. The molecule has 4 aromatic rings. The van der Waals surface area contributed by atoms with Gasteiger partial charge in [-0.2, -0.15) is 5.10 Å². The van der Waals surface area contributed by atoms with Crippen LogP contribution in [0.5, 0.6) is 0 Å². The van der Waals surface area contributed by atoms with E-state index in [0.717, 1.165) is 0 Å². The Labute approximate surface area is 217 Å². The molecule has 35 heavy (non-hydrogen) atoms. The van der Waals surface area contributed by atoms with E-state index in [1.54, 1.807) is 35.3 Å². The Morgan fingerprint density at radius 3 is 2.66 bits per heavy atom. The van der Waals surface area contributed by atoms with Crippen LogP contribution in [0.25, 0.3) is 11.3 Å². The summed E-state index contributed by atoms with van der Waals surface area (Å²) in [6.45, 7) is 0. The van der Waals surface area contributed by atoms with Gasteiger partial charge < -0.3 is 0 Å². The molecule has 0 saturated heterocycles. The molecule has 1 amide bonds. The quantitative estimate of drug-likeness (QED) is 0.107. The number of carbonyl (C=O) groups is 1. The van der Waals surface area contributed by atoms with E-state index >= 15 is 0 Å². The van der Waals surface area contributed by atoms with Crippen LogP contribution in [0, 0.1) is 10.1 Å². The molecule has 1 aliphatic rings. The zero-order valence-corrected chi connectivity index (χ0v) is 20.6. The number of aromatic amines is 1. The zero-order chi connectivity index (χ0) is 24.5. The second-order valence-electron chi connectivity index (χ2n) is 7.44. The number of nitro benzene ring substituents is 1. The van der Waals surface area contributed by atoms with E-state index in [1.165, 1.54) is 24.5 Å². The number of carbonyl (C=O) groups excluding carboxylic acids is 1. The molecule has 1 aliphatic heterocycles. The Kier molecular flexibility index (Phi) is 6.17. The van der Waals surface area contributed by atoms with Crippen molar-refractivity contribution in [2.24, 2.45) is 4.99 Å². The number of hydrazine groups is 1. The lowest BCUT2D eigenvalue weighted by Gasteiger charge is -2.33. The van der Waals surface area contributed by atoms with E-state index in [1.807, 2.05) is 18.2 Å². The molecule has 0 aliphatic carbocycles. The number of alkyl halides is 1. The highest BCUT2D eigenvalue weighted by atomic mass is 127. The summed E-state index contributed by atoms with van der Waals surface area (Å²) in [5, 5.41) is 20.9. The van der Waals surface area contributed by atoms with Crippen LogP contribution in [0.4, 0.5) is 11.4 Å². The number of fused-ring (bicyclic) bond motifs is 1. The lowest BCUT2D eigenvalue weighted by Crippen LogP contribution is -2.48. The Hall–Kier alpha value is -3.84. The number of amides is 1. The van der Waals surface area contributed by atoms with Gasteiger partial charge in [0.2, 0.25) is 0 Å². The second-order valence-corrected chi connectivity index (χ2v) is 9.03. The molecule has 10 nitrogen and oxygen atoms in total. The SMILES string of the molecule is O=C(NN1C(c2cccc([N+](=O)[O-])c2)=Nc2c(-c3ccccc3Cl)n[nH]c2C1I)c1ccncc1. The Bertz CT molecular complexity index is 1470. The fourth-order valence-electron chi connectivity index (χ4n) is 3.62. The van der Waals surface area contributed by atoms with Crippen LogP contribution in [0.15, 0.2) is 78.0 Å². The second kappa shape index (κ2) is 9.43. The van der Waals surface area contributed by atoms with Gasteiger partial charge in [0, 0.05) is 41.2 Å². The van der Waals surface area contributed by atoms with Crippen molar-refractivity contribution >= 4 is 57.3 Å². The molecule has 12 heteroatoms. The van der Waals surface area contributed by atoms with Crippen molar-refractivity contribution in [3.05, 3.63) is 105 Å². The number of non-ortho nitro benzene ring substituents is 1. The van der Waals surface area contributed by atoms with Gasteiger partial charge in [-0.25, -0.2) is 10.0 Å². The summed E-state index contributed by atoms with van der Waals surface area (Å²) in [6.07, 6.45) is 3.04. The first-order chi connectivity index (χ1) is 16.9. The van der Waals surface area contributed by atoms with Crippen LogP contribution >= 0.6 is 34.2 Å². The van der Waals surface area contributed by atoms with Gasteiger partial charge in [0.25, 0.3) is 11.6 Å². The van der Waals surface area contributed by atoms with Crippen molar-refractivity contribution < 1.29 is 9.72 Å². The molecule has 0 bridgehead atoms. The standard InChI is InChI=1S/C23H15ClIN7O3/c24-17-7-2-1-6-16(17)18-19-20(29-28-18)21(25)31(30-23(33)13-8-10-26-11-9-13)22(27-19)14-4-3-5-15(12-14)32(34)35/h1-12,21H,(H,28,29)(H,30,33). The number of aliphatic imine (C=N–C) groups is 1.